The van der Waals surface area contributed by atoms with Crippen molar-refractivity contribution in [3.63, 3.8) is 0 Å². The third-order valence-electron chi connectivity index (χ3n) is 4.66. The van der Waals surface area contributed by atoms with Gasteiger partial charge in [-0.15, -0.1) is 0 Å². The molecule has 1 aliphatic heterocycles. The van der Waals surface area contributed by atoms with Crippen molar-refractivity contribution in [2.24, 2.45) is 7.05 Å². The van der Waals surface area contributed by atoms with Gasteiger partial charge in [-0.1, -0.05) is 12.1 Å². The lowest BCUT2D eigenvalue weighted by Gasteiger charge is -2.35. The van der Waals surface area contributed by atoms with Crippen molar-refractivity contribution in [2.45, 2.75) is 19.5 Å². The Bertz CT molecular complexity index is 821. The minimum atomic E-state index is 0.200. The number of para-hydroxylation sites is 2. The molecule has 0 amide bonds. The molecule has 6 nitrogen and oxygen atoms in total. The number of nitrogens with zero attached hydrogens (tertiary/aromatic N) is 4. The zero-order valence-electron chi connectivity index (χ0n) is 13.5. The van der Waals surface area contributed by atoms with Crippen molar-refractivity contribution in [1.29, 1.82) is 0 Å². The molecule has 4 rings (SSSR count). The van der Waals surface area contributed by atoms with Gasteiger partial charge in [0.2, 0.25) is 0 Å². The van der Waals surface area contributed by atoms with Gasteiger partial charge in [0, 0.05) is 13.6 Å². The van der Waals surface area contributed by atoms with E-state index in [1.165, 1.54) is 11.1 Å². The summed E-state index contributed by atoms with van der Waals surface area (Å²) in [5.41, 5.74) is 4.54. The van der Waals surface area contributed by atoms with E-state index in [-0.39, 0.29) is 6.04 Å². The predicted molar refractivity (Wildman–Crippen MR) is 88.0 cm³/mol. The molecule has 23 heavy (non-hydrogen) atoms. The summed E-state index contributed by atoms with van der Waals surface area (Å²) in [6, 6.07) is 8.46. The zero-order valence-corrected chi connectivity index (χ0v) is 13.5. The van der Waals surface area contributed by atoms with Gasteiger partial charge in [0.05, 0.1) is 48.7 Å². The third-order valence-corrected chi connectivity index (χ3v) is 4.66. The summed E-state index contributed by atoms with van der Waals surface area (Å²) in [6.45, 7) is 5.23. The van der Waals surface area contributed by atoms with E-state index in [1.54, 1.807) is 0 Å². The number of aromatic nitrogens is 4. The number of aromatic amines is 1. The number of hydrogen-bond donors (Lipinski definition) is 1. The van der Waals surface area contributed by atoms with Crippen molar-refractivity contribution in [1.82, 2.24) is 24.6 Å². The van der Waals surface area contributed by atoms with Crippen molar-refractivity contribution >= 4 is 11.0 Å². The van der Waals surface area contributed by atoms with Gasteiger partial charge in [-0.2, -0.15) is 5.10 Å². The molecule has 1 saturated heterocycles. The highest BCUT2D eigenvalue weighted by Crippen LogP contribution is 2.27. The maximum Gasteiger partial charge on any atom is 0.123 e. The summed E-state index contributed by atoms with van der Waals surface area (Å²) >= 11 is 0. The average Bonchev–Trinajstić information content (AvgIpc) is 3.13. The Labute approximate surface area is 135 Å². The van der Waals surface area contributed by atoms with Crippen LogP contribution in [0.15, 0.2) is 30.5 Å². The summed E-state index contributed by atoms with van der Waals surface area (Å²) < 4.78 is 7.88. The molecule has 0 bridgehead atoms. The second kappa shape index (κ2) is 5.79. The lowest BCUT2D eigenvalue weighted by atomic mass is 10.1. The Morgan fingerprint density at radius 1 is 1.35 bits per heavy atom. The smallest absolute Gasteiger partial charge is 0.123 e. The van der Waals surface area contributed by atoms with E-state index >= 15 is 0 Å². The molecule has 0 saturated carbocycles. The fourth-order valence-corrected chi connectivity index (χ4v) is 3.31. The summed E-state index contributed by atoms with van der Waals surface area (Å²) in [4.78, 5) is 7.22. The van der Waals surface area contributed by atoms with Gasteiger partial charge >= 0.3 is 0 Å². The number of nitrogens with one attached hydrogen (secondary N) is 1. The molecule has 0 spiro atoms. The molecule has 0 aliphatic carbocycles. The van der Waals surface area contributed by atoms with Crippen LogP contribution < -0.4 is 0 Å². The molecule has 1 fully saturated rings. The van der Waals surface area contributed by atoms with Gasteiger partial charge in [-0.05, 0) is 24.6 Å². The number of H-pyrrole nitrogens is 1. The number of hydrogen-bond acceptors (Lipinski definition) is 4. The summed E-state index contributed by atoms with van der Waals surface area (Å²) in [6.07, 6.45) is 1.87. The number of aryl methyl sites for hydroxylation is 2. The van der Waals surface area contributed by atoms with Gasteiger partial charge in [-0.25, -0.2) is 4.98 Å². The molecule has 1 aliphatic rings. The van der Waals surface area contributed by atoms with Crippen molar-refractivity contribution < 1.29 is 4.74 Å². The molecule has 2 aromatic heterocycles. The second-order valence-corrected chi connectivity index (χ2v) is 6.10. The fourth-order valence-electron chi connectivity index (χ4n) is 3.31. The van der Waals surface area contributed by atoms with Gasteiger partial charge < -0.3 is 9.30 Å². The Hall–Kier alpha value is -2.18. The van der Waals surface area contributed by atoms with Crippen molar-refractivity contribution in [3.8, 4) is 0 Å². The molecule has 1 unspecified atom stereocenters. The minimum Gasteiger partial charge on any atom is -0.378 e. The summed E-state index contributed by atoms with van der Waals surface area (Å²) in [5, 5.41) is 7.30. The lowest BCUT2D eigenvalue weighted by Crippen LogP contribution is -2.40. The average molecular weight is 311 g/mol. The normalized spacial score (nSPS) is 19.5. The van der Waals surface area contributed by atoms with Crippen LogP contribution in [-0.2, 0) is 18.3 Å². The second-order valence-electron chi connectivity index (χ2n) is 6.10. The number of ether oxygens (including phenoxy) is 1. The number of fused-ring (bicyclic) bond motifs is 1. The molecule has 3 heterocycles. The molecular formula is C17H21N5O. The quantitative estimate of drug-likeness (QED) is 0.805. The lowest BCUT2D eigenvalue weighted by molar-refractivity contribution is -0.0158. The monoisotopic (exact) mass is 311 g/mol. The first-order valence-electron chi connectivity index (χ1n) is 7.96. The standard InChI is InChI=1S/C17H21N5O/c1-12-9-18-20-17(12)15-11-23-8-7-22(15)10-16-19-13-5-3-4-6-14(13)21(16)2/h3-6,9,15H,7-8,10-11H2,1-2H3,(H,18,20). The van der Waals surface area contributed by atoms with Gasteiger partial charge in [-0.3, -0.25) is 10.00 Å². The zero-order chi connectivity index (χ0) is 15.8. The molecule has 120 valence electrons. The van der Waals surface area contributed by atoms with Crippen LogP contribution >= 0.6 is 0 Å². The highest BCUT2D eigenvalue weighted by atomic mass is 16.5. The van der Waals surface area contributed by atoms with Crippen LogP contribution in [0.1, 0.15) is 23.1 Å². The number of rotatable bonds is 3. The Morgan fingerprint density at radius 3 is 3.00 bits per heavy atom. The van der Waals surface area contributed by atoms with E-state index in [1.807, 2.05) is 12.3 Å². The molecule has 3 aromatic rings. The van der Waals surface area contributed by atoms with Crippen LogP contribution in [0.2, 0.25) is 0 Å². The maximum atomic E-state index is 5.70. The minimum absolute atomic E-state index is 0.200. The molecule has 0 radical (unpaired) electrons. The summed E-state index contributed by atoms with van der Waals surface area (Å²) in [5.74, 6) is 1.08. The van der Waals surface area contributed by atoms with E-state index < -0.39 is 0 Å². The van der Waals surface area contributed by atoms with E-state index in [2.05, 4.69) is 51.8 Å². The highest BCUT2D eigenvalue weighted by molar-refractivity contribution is 5.75. The van der Waals surface area contributed by atoms with E-state index in [0.717, 1.165) is 36.7 Å². The topological polar surface area (TPSA) is 59.0 Å². The molecule has 1 aromatic carbocycles. The summed E-state index contributed by atoms with van der Waals surface area (Å²) in [7, 11) is 2.08. The van der Waals surface area contributed by atoms with Crippen LogP contribution in [0.5, 0.6) is 0 Å². The van der Waals surface area contributed by atoms with Gasteiger partial charge in [0.15, 0.2) is 0 Å². The molecular weight excluding hydrogens is 290 g/mol. The van der Waals surface area contributed by atoms with E-state index in [0.29, 0.717) is 6.61 Å². The molecule has 1 N–H and O–H groups in total. The van der Waals surface area contributed by atoms with Crippen LogP contribution in [0.3, 0.4) is 0 Å². The van der Waals surface area contributed by atoms with Crippen LogP contribution in [-0.4, -0.2) is 44.4 Å². The van der Waals surface area contributed by atoms with Crippen LogP contribution in [0.25, 0.3) is 11.0 Å². The predicted octanol–water partition coefficient (Wildman–Crippen LogP) is 2.18. The number of morpholine rings is 1. The largest absolute Gasteiger partial charge is 0.378 e. The molecule has 6 heteroatoms. The van der Waals surface area contributed by atoms with E-state index in [9.17, 15) is 0 Å². The first-order valence-corrected chi connectivity index (χ1v) is 7.96. The van der Waals surface area contributed by atoms with Crippen LogP contribution in [0.4, 0.5) is 0 Å². The Morgan fingerprint density at radius 2 is 2.22 bits per heavy atom. The van der Waals surface area contributed by atoms with E-state index in [4.69, 9.17) is 9.72 Å². The SMILES string of the molecule is Cc1cn[nH]c1C1COCCN1Cc1nc2ccccc2n1C. The maximum absolute atomic E-state index is 5.70. The molecule has 1 atom stereocenters. The van der Waals surface area contributed by atoms with Gasteiger partial charge in [0.1, 0.15) is 5.82 Å². The van der Waals surface area contributed by atoms with Crippen LogP contribution in [0, 0.1) is 6.92 Å². The third kappa shape index (κ3) is 2.54. The number of imidazole rings is 1. The van der Waals surface area contributed by atoms with Gasteiger partial charge in [0.25, 0.3) is 0 Å². The first-order chi connectivity index (χ1) is 11.2. The highest BCUT2D eigenvalue weighted by Gasteiger charge is 2.28. The fraction of sp³-hybridized carbons (Fsp3) is 0.412. The first kappa shape index (κ1) is 14.4. The van der Waals surface area contributed by atoms with Crippen molar-refractivity contribution in [2.75, 3.05) is 19.8 Å². The number of benzene rings is 1. The van der Waals surface area contributed by atoms with Crippen molar-refractivity contribution in [3.05, 3.63) is 47.5 Å². The Balaban J connectivity index is 1.65. The Kier molecular flexibility index (Phi) is 3.63.